The molecule has 30 heavy (non-hydrogen) atoms. The first-order valence-corrected chi connectivity index (χ1v) is 12.3. The van der Waals surface area contributed by atoms with Crippen molar-refractivity contribution in [2.45, 2.75) is 72.1 Å². The molecule has 0 radical (unpaired) electrons. The molecule has 2 aliphatic heterocycles. The highest BCUT2D eigenvalue weighted by Crippen LogP contribution is 2.46. The number of benzene rings is 1. The molecule has 1 aromatic rings. The fourth-order valence-electron chi connectivity index (χ4n) is 6.42. The minimum Gasteiger partial charge on any atom is -0.381 e. The second-order valence-corrected chi connectivity index (χ2v) is 10.2. The molecule has 1 spiro atoms. The van der Waals surface area contributed by atoms with Crippen LogP contribution in [0.4, 0.5) is 0 Å². The molecule has 3 aliphatic rings. The van der Waals surface area contributed by atoms with E-state index >= 15 is 0 Å². The minimum absolute atomic E-state index is 0.409. The summed E-state index contributed by atoms with van der Waals surface area (Å²) in [4.78, 5) is 7.94. The first kappa shape index (κ1) is 22.3. The monoisotopic (exact) mass is 413 g/mol. The van der Waals surface area contributed by atoms with E-state index in [4.69, 9.17) is 4.74 Å². The lowest BCUT2D eigenvalue weighted by atomic mass is 9.76. The van der Waals surface area contributed by atoms with Crippen molar-refractivity contribution in [3.8, 4) is 0 Å². The van der Waals surface area contributed by atoms with Crippen LogP contribution in [-0.2, 0) is 17.8 Å². The summed E-state index contributed by atoms with van der Waals surface area (Å²) in [5.74, 6) is 0. The predicted molar refractivity (Wildman–Crippen MR) is 125 cm³/mol. The maximum absolute atomic E-state index is 5.93. The van der Waals surface area contributed by atoms with Crippen LogP contribution in [0.15, 0.2) is 12.1 Å². The van der Waals surface area contributed by atoms with Gasteiger partial charge in [-0.05, 0) is 69.3 Å². The highest BCUT2D eigenvalue weighted by atomic mass is 16.5. The van der Waals surface area contributed by atoms with Gasteiger partial charge in [0.15, 0.2) is 0 Å². The average molecular weight is 414 g/mol. The second-order valence-electron chi connectivity index (χ2n) is 10.2. The summed E-state index contributed by atoms with van der Waals surface area (Å²) in [5, 5.41) is 0. The van der Waals surface area contributed by atoms with E-state index in [9.17, 15) is 0 Å². The number of rotatable bonds is 6. The van der Waals surface area contributed by atoms with Crippen LogP contribution in [0, 0.1) is 19.3 Å². The molecule has 1 aliphatic carbocycles. The van der Waals surface area contributed by atoms with Crippen LogP contribution in [0.5, 0.6) is 0 Å². The Morgan fingerprint density at radius 3 is 2.20 bits per heavy atom. The zero-order chi connectivity index (χ0) is 21.1. The summed E-state index contributed by atoms with van der Waals surface area (Å²) in [6.45, 7) is 17.6. The Balaban J connectivity index is 1.44. The maximum atomic E-state index is 5.93. The maximum Gasteiger partial charge on any atom is 0.0639 e. The Kier molecular flexibility index (Phi) is 7.19. The summed E-state index contributed by atoms with van der Waals surface area (Å²) in [5.41, 5.74) is 6.43. The third-order valence-electron chi connectivity index (χ3n) is 8.26. The van der Waals surface area contributed by atoms with Gasteiger partial charge in [-0.15, -0.1) is 0 Å². The van der Waals surface area contributed by atoms with E-state index in [1.807, 2.05) is 7.11 Å². The van der Waals surface area contributed by atoms with Crippen molar-refractivity contribution in [2.24, 2.45) is 5.41 Å². The van der Waals surface area contributed by atoms with Crippen LogP contribution in [0.3, 0.4) is 0 Å². The number of methoxy groups -OCH3 is 1. The molecular formula is C26H43N3O. The largest absolute Gasteiger partial charge is 0.381 e. The van der Waals surface area contributed by atoms with Crippen molar-refractivity contribution in [3.63, 3.8) is 0 Å². The first-order chi connectivity index (χ1) is 14.5. The van der Waals surface area contributed by atoms with E-state index in [1.54, 1.807) is 5.56 Å². The van der Waals surface area contributed by atoms with Crippen LogP contribution in [0.25, 0.3) is 0 Å². The average Bonchev–Trinajstić information content (AvgIpc) is 3.13. The van der Waals surface area contributed by atoms with E-state index in [0.29, 0.717) is 11.5 Å². The second kappa shape index (κ2) is 9.68. The number of aryl methyl sites for hydroxylation is 1. The van der Waals surface area contributed by atoms with Crippen molar-refractivity contribution < 1.29 is 4.74 Å². The van der Waals surface area contributed by atoms with Gasteiger partial charge < -0.3 is 9.64 Å². The number of piperazine rings is 1. The van der Waals surface area contributed by atoms with Crippen molar-refractivity contribution >= 4 is 0 Å². The number of nitrogens with zero attached hydrogens (tertiary/aromatic N) is 3. The fraction of sp³-hybridized carbons (Fsp3) is 0.769. The molecule has 4 nitrogen and oxygen atoms in total. The van der Waals surface area contributed by atoms with E-state index < -0.39 is 0 Å². The van der Waals surface area contributed by atoms with Gasteiger partial charge >= 0.3 is 0 Å². The van der Waals surface area contributed by atoms with Crippen molar-refractivity contribution in [3.05, 3.63) is 34.4 Å². The number of hydrogen-bond acceptors (Lipinski definition) is 4. The lowest BCUT2D eigenvalue weighted by Crippen LogP contribution is -2.47. The molecule has 1 saturated carbocycles. The Labute approximate surface area is 184 Å². The fourth-order valence-corrected chi connectivity index (χ4v) is 6.42. The molecule has 0 N–H and O–H groups in total. The topological polar surface area (TPSA) is 19.0 Å². The van der Waals surface area contributed by atoms with Gasteiger partial charge in [-0.25, -0.2) is 0 Å². The Morgan fingerprint density at radius 1 is 0.900 bits per heavy atom. The molecule has 0 aromatic heterocycles. The molecule has 0 amide bonds. The lowest BCUT2D eigenvalue weighted by molar-refractivity contribution is -0.0366. The Hall–Kier alpha value is -0.940. The molecule has 2 saturated heterocycles. The van der Waals surface area contributed by atoms with Gasteiger partial charge in [-0.2, -0.15) is 0 Å². The normalized spacial score (nSPS) is 29.1. The van der Waals surface area contributed by atoms with Crippen molar-refractivity contribution in [2.75, 3.05) is 52.9 Å². The van der Waals surface area contributed by atoms with E-state index in [2.05, 4.69) is 47.6 Å². The summed E-state index contributed by atoms with van der Waals surface area (Å²) < 4.78 is 5.93. The van der Waals surface area contributed by atoms with Gasteiger partial charge in [0, 0.05) is 58.3 Å². The third kappa shape index (κ3) is 4.77. The number of ether oxygens (including phenoxy) is 1. The molecular weight excluding hydrogens is 370 g/mol. The highest BCUT2D eigenvalue weighted by Gasteiger charge is 2.45. The molecule has 4 heteroatoms. The number of hydrogen-bond donors (Lipinski definition) is 0. The molecule has 3 fully saturated rings. The quantitative estimate of drug-likeness (QED) is 0.695. The SMILES string of the molecule is CCN1CCN(Cc2cc(C)cc(CN3CCC[C@]4(CCC[C@H]4OC)C3)c2C)CC1. The van der Waals surface area contributed by atoms with E-state index in [0.717, 1.165) is 13.1 Å². The van der Waals surface area contributed by atoms with Gasteiger partial charge in [0.1, 0.15) is 0 Å². The molecule has 168 valence electrons. The number of piperidine rings is 1. The third-order valence-corrected chi connectivity index (χ3v) is 8.26. The summed E-state index contributed by atoms with van der Waals surface area (Å²) in [7, 11) is 1.92. The molecule has 0 unspecified atom stereocenters. The van der Waals surface area contributed by atoms with Crippen LogP contribution in [-0.4, -0.2) is 73.7 Å². The molecule has 2 atom stereocenters. The Bertz CT molecular complexity index is 712. The summed E-state index contributed by atoms with van der Waals surface area (Å²) in [6, 6.07) is 4.87. The van der Waals surface area contributed by atoms with Gasteiger partial charge in [0.25, 0.3) is 0 Å². The first-order valence-electron chi connectivity index (χ1n) is 12.3. The summed E-state index contributed by atoms with van der Waals surface area (Å²) >= 11 is 0. The minimum atomic E-state index is 0.409. The van der Waals surface area contributed by atoms with Gasteiger partial charge in [-0.3, -0.25) is 9.80 Å². The lowest BCUT2D eigenvalue weighted by Gasteiger charge is -2.44. The van der Waals surface area contributed by atoms with Crippen molar-refractivity contribution in [1.29, 1.82) is 0 Å². The standard InChI is InChI=1S/C26H43N3O/c1-5-27-12-14-28(15-13-27)18-23-16-21(2)17-24(22(23)3)19-29-11-7-10-26(20-29)9-6-8-25(26)30-4/h16-17,25H,5-15,18-20H2,1-4H3/t25-,26-/m1/s1. The molecule has 4 rings (SSSR count). The van der Waals surface area contributed by atoms with E-state index in [1.165, 1.54) is 94.6 Å². The molecule has 1 aromatic carbocycles. The van der Waals surface area contributed by atoms with Gasteiger partial charge in [0.2, 0.25) is 0 Å². The van der Waals surface area contributed by atoms with Crippen LogP contribution in [0.1, 0.15) is 61.3 Å². The zero-order valence-electron chi connectivity index (χ0n) is 19.9. The van der Waals surface area contributed by atoms with Crippen LogP contribution >= 0.6 is 0 Å². The smallest absolute Gasteiger partial charge is 0.0639 e. The van der Waals surface area contributed by atoms with Crippen molar-refractivity contribution in [1.82, 2.24) is 14.7 Å². The van der Waals surface area contributed by atoms with Gasteiger partial charge in [0.05, 0.1) is 6.10 Å². The highest BCUT2D eigenvalue weighted by molar-refractivity contribution is 5.38. The van der Waals surface area contributed by atoms with E-state index in [-0.39, 0.29) is 0 Å². The molecule has 2 heterocycles. The van der Waals surface area contributed by atoms with Gasteiger partial charge in [-0.1, -0.05) is 31.0 Å². The van der Waals surface area contributed by atoms with Crippen LogP contribution in [0.2, 0.25) is 0 Å². The summed E-state index contributed by atoms with van der Waals surface area (Å²) in [6.07, 6.45) is 7.08. The number of likely N-dealkylation sites (N-methyl/N-ethyl adjacent to an activating group) is 1. The molecule has 0 bridgehead atoms. The Morgan fingerprint density at radius 2 is 1.53 bits per heavy atom. The number of likely N-dealkylation sites (tertiary alicyclic amines) is 1. The zero-order valence-corrected chi connectivity index (χ0v) is 19.9. The van der Waals surface area contributed by atoms with Crippen LogP contribution < -0.4 is 0 Å². The predicted octanol–water partition coefficient (Wildman–Crippen LogP) is 4.22.